The molecular formula is C21H22Cl2N2O5S. The van der Waals surface area contributed by atoms with Gasteiger partial charge in [0.1, 0.15) is 6.54 Å². The van der Waals surface area contributed by atoms with Gasteiger partial charge in [-0.05, 0) is 37.1 Å². The Morgan fingerprint density at radius 2 is 1.71 bits per heavy atom. The van der Waals surface area contributed by atoms with Gasteiger partial charge in [0.15, 0.2) is 0 Å². The van der Waals surface area contributed by atoms with E-state index in [4.69, 9.17) is 27.9 Å². The van der Waals surface area contributed by atoms with Crippen molar-refractivity contribution in [2.45, 2.75) is 17.7 Å². The molecule has 31 heavy (non-hydrogen) atoms. The number of carbonyl (C=O) groups excluding carboxylic acids is 2. The number of rotatable bonds is 6. The smallest absolute Gasteiger partial charge is 0.308 e. The number of anilines is 1. The van der Waals surface area contributed by atoms with E-state index in [0.717, 1.165) is 4.31 Å². The van der Waals surface area contributed by atoms with Crippen LogP contribution in [-0.2, 0) is 24.3 Å². The van der Waals surface area contributed by atoms with Gasteiger partial charge in [0.2, 0.25) is 5.91 Å². The van der Waals surface area contributed by atoms with Gasteiger partial charge < -0.3 is 9.64 Å². The van der Waals surface area contributed by atoms with Gasteiger partial charge in [-0.1, -0.05) is 47.5 Å². The van der Waals surface area contributed by atoms with Crippen LogP contribution >= 0.6 is 23.2 Å². The number of benzene rings is 2. The second kappa shape index (κ2) is 9.89. The van der Waals surface area contributed by atoms with E-state index in [2.05, 4.69) is 0 Å². The second-order valence-corrected chi connectivity index (χ2v) is 9.72. The van der Waals surface area contributed by atoms with Gasteiger partial charge >= 0.3 is 5.97 Å². The minimum atomic E-state index is -4.09. The maximum absolute atomic E-state index is 13.4. The molecule has 0 atom stereocenters. The summed E-state index contributed by atoms with van der Waals surface area (Å²) in [6.07, 6.45) is 0.920. The molecule has 10 heteroatoms. The van der Waals surface area contributed by atoms with Crippen molar-refractivity contribution in [2.75, 3.05) is 31.0 Å². The summed E-state index contributed by atoms with van der Waals surface area (Å²) in [5.41, 5.74) is 0.121. The summed E-state index contributed by atoms with van der Waals surface area (Å²) in [7, 11) is -2.75. The molecule has 0 aliphatic carbocycles. The van der Waals surface area contributed by atoms with Crippen LogP contribution < -0.4 is 4.31 Å². The monoisotopic (exact) mass is 484 g/mol. The molecule has 0 unspecified atom stereocenters. The maximum Gasteiger partial charge on any atom is 0.308 e. The quantitative estimate of drug-likeness (QED) is 0.584. The predicted molar refractivity (Wildman–Crippen MR) is 119 cm³/mol. The van der Waals surface area contributed by atoms with E-state index in [9.17, 15) is 18.0 Å². The van der Waals surface area contributed by atoms with Gasteiger partial charge in [-0.15, -0.1) is 0 Å². The first-order valence-corrected chi connectivity index (χ1v) is 11.8. The summed E-state index contributed by atoms with van der Waals surface area (Å²) in [6.45, 7) is 0.225. The summed E-state index contributed by atoms with van der Waals surface area (Å²) < 4.78 is 32.5. The number of esters is 1. The molecule has 1 aliphatic rings. The lowest BCUT2D eigenvalue weighted by Gasteiger charge is -2.33. The number of amides is 1. The summed E-state index contributed by atoms with van der Waals surface area (Å²) in [4.78, 5) is 26.3. The van der Waals surface area contributed by atoms with E-state index < -0.39 is 16.6 Å². The SMILES string of the molecule is COC(=O)C1CCN(C(=O)CN(c2cccc(Cl)c2Cl)S(=O)(=O)c2ccccc2)CC1. The first-order valence-electron chi connectivity index (χ1n) is 9.63. The Kier molecular flexibility index (Phi) is 7.46. The van der Waals surface area contributed by atoms with Crippen molar-refractivity contribution in [2.24, 2.45) is 5.92 Å². The fourth-order valence-electron chi connectivity index (χ4n) is 3.46. The molecule has 1 amide bonds. The van der Waals surface area contributed by atoms with Crippen molar-refractivity contribution < 1.29 is 22.7 Å². The van der Waals surface area contributed by atoms with E-state index in [1.54, 1.807) is 35.2 Å². The Labute approximate surface area is 191 Å². The maximum atomic E-state index is 13.4. The number of hydrogen-bond acceptors (Lipinski definition) is 5. The second-order valence-electron chi connectivity index (χ2n) is 7.08. The van der Waals surface area contributed by atoms with Crippen molar-refractivity contribution in [3.63, 3.8) is 0 Å². The molecule has 2 aromatic carbocycles. The topological polar surface area (TPSA) is 84.0 Å². The van der Waals surface area contributed by atoms with Gasteiger partial charge in [0.25, 0.3) is 10.0 Å². The molecule has 1 saturated heterocycles. The van der Waals surface area contributed by atoms with Crippen molar-refractivity contribution in [3.8, 4) is 0 Å². The third-order valence-corrected chi connectivity index (χ3v) is 7.78. The van der Waals surface area contributed by atoms with E-state index in [-0.39, 0.29) is 38.4 Å². The summed E-state index contributed by atoms with van der Waals surface area (Å²) in [6, 6.07) is 12.4. The lowest BCUT2D eigenvalue weighted by Crippen LogP contribution is -2.46. The molecule has 166 valence electrons. The molecule has 0 bridgehead atoms. The summed E-state index contributed by atoms with van der Waals surface area (Å²) >= 11 is 12.4. The average Bonchev–Trinajstić information content (AvgIpc) is 2.79. The number of nitrogens with zero attached hydrogens (tertiary/aromatic N) is 2. The summed E-state index contributed by atoms with van der Waals surface area (Å²) in [5.74, 6) is -0.953. The van der Waals surface area contributed by atoms with Crippen molar-refractivity contribution in [1.82, 2.24) is 4.90 Å². The number of carbonyl (C=O) groups is 2. The predicted octanol–water partition coefficient (Wildman–Crippen LogP) is 3.60. The highest BCUT2D eigenvalue weighted by atomic mass is 35.5. The number of piperidine rings is 1. The van der Waals surface area contributed by atoms with Crippen molar-refractivity contribution >= 4 is 50.8 Å². The highest BCUT2D eigenvalue weighted by Crippen LogP contribution is 2.35. The zero-order valence-corrected chi connectivity index (χ0v) is 19.2. The molecule has 0 aromatic heterocycles. The molecule has 7 nitrogen and oxygen atoms in total. The highest BCUT2D eigenvalue weighted by Gasteiger charge is 2.33. The first-order chi connectivity index (χ1) is 14.8. The van der Waals surface area contributed by atoms with Crippen LogP contribution in [0.3, 0.4) is 0 Å². The van der Waals surface area contributed by atoms with Crippen LogP contribution in [-0.4, -0.2) is 51.9 Å². The molecule has 2 aromatic rings. The lowest BCUT2D eigenvalue weighted by atomic mass is 9.97. The van der Waals surface area contributed by atoms with Crippen molar-refractivity contribution in [1.29, 1.82) is 0 Å². The van der Waals surface area contributed by atoms with Crippen LogP contribution in [0.25, 0.3) is 0 Å². The molecule has 0 N–H and O–H groups in total. The number of hydrogen-bond donors (Lipinski definition) is 0. The Bertz CT molecular complexity index is 1050. The van der Waals surface area contributed by atoms with Crippen LogP contribution in [0.1, 0.15) is 12.8 Å². The van der Waals surface area contributed by atoms with E-state index >= 15 is 0 Å². The van der Waals surface area contributed by atoms with Crippen molar-refractivity contribution in [3.05, 3.63) is 58.6 Å². The van der Waals surface area contributed by atoms with Gasteiger partial charge in [-0.3, -0.25) is 13.9 Å². The molecule has 3 rings (SSSR count). The third-order valence-electron chi connectivity index (χ3n) is 5.19. The Hall–Kier alpha value is -2.29. The van der Waals surface area contributed by atoms with E-state index in [1.807, 2.05) is 0 Å². The minimum absolute atomic E-state index is 0.0308. The number of sulfonamides is 1. The standard InChI is InChI=1S/C21H22Cl2N2O5S/c1-30-21(27)15-10-12-24(13-11-15)19(26)14-25(18-9-5-8-17(22)20(18)23)31(28,29)16-6-3-2-4-7-16/h2-9,15H,10-14H2,1H3. The molecule has 1 heterocycles. The lowest BCUT2D eigenvalue weighted by molar-refractivity contribution is -0.148. The molecule has 0 radical (unpaired) electrons. The zero-order chi connectivity index (χ0) is 22.6. The van der Waals surface area contributed by atoms with Gasteiger partial charge in [0.05, 0.1) is 33.7 Å². The van der Waals surface area contributed by atoms with Crippen LogP contribution in [0, 0.1) is 5.92 Å². The van der Waals surface area contributed by atoms with Gasteiger partial charge in [-0.2, -0.15) is 0 Å². The molecule has 1 aliphatic heterocycles. The Balaban J connectivity index is 1.89. The van der Waals surface area contributed by atoms with Crippen LogP contribution in [0.2, 0.25) is 10.0 Å². The van der Waals surface area contributed by atoms with Crippen LogP contribution in [0.15, 0.2) is 53.4 Å². The zero-order valence-electron chi connectivity index (χ0n) is 16.8. The highest BCUT2D eigenvalue weighted by molar-refractivity contribution is 7.92. The summed E-state index contributed by atoms with van der Waals surface area (Å²) in [5, 5.41) is 0.222. The van der Waals surface area contributed by atoms with E-state index in [0.29, 0.717) is 25.9 Å². The van der Waals surface area contributed by atoms with Gasteiger partial charge in [0, 0.05) is 13.1 Å². The number of methoxy groups -OCH3 is 1. The third kappa shape index (κ3) is 5.14. The largest absolute Gasteiger partial charge is 0.469 e. The minimum Gasteiger partial charge on any atom is -0.469 e. The average molecular weight is 485 g/mol. The molecule has 1 fully saturated rings. The molecule has 0 saturated carbocycles. The number of likely N-dealkylation sites (tertiary alicyclic amines) is 1. The fraction of sp³-hybridized carbons (Fsp3) is 0.333. The molecular weight excluding hydrogens is 463 g/mol. The normalized spacial score (nSPS) is 14.9. The first kappa shape index (κ1) is 23.4. The van der Waals surface area contributed by atoms with E-state index in [1.165, 1.54) is 25.3 Å². The fourth-order valence-corrected chi connectivity index (χ4v) is 5.35. The van der Waals surface area contributed by atoms with Crippen LogP contribution in [0.4, 0.5) is 5.69 Å². The Morgan fingerprint density at radius 3 is 2.32 bits per heavy atom. The number of ether oxygens (including phenoxy) is 1. The number of halogens is 2. The van der Waals surface area contributed by atoms with Crippen LogP contribution in [0.5, 0.6) is 0 Å². The molecule has 0 spiro atoms. The Morgan fingerprint density at radius 1 is 1.06 bits per heavy atom. The van der Waals surface area contributed by atoms with Gasteiger partial charge in [-0.25, -0.2) is 8.42 Å².